The van der Waals surface area contributed by atoms with Crippen LogP contribution in [-0.2, 0) is 0 Å². The Balaban J connectivity index is 1.24. The fourth-order valence-corrected chi connectivity index (χ4v) is 4.66. The molecule has 8 heteroatoms. The van der Waals surface area contributed by atoms with Gasteiger partial charge in [0, 0.05) is 37.4 Å². The third kappa shape index (κ3) is 3.90. The fourth-order valence-electron chi connectivity index (χ4n) is 4.66. The van der Waals surface area contributed by atoms with Gasteiger partial charge >= 0.3 is 0 Å². The Morgan fingerprint density at radius 3 is 2.58 bits per heavy atom. The van der Waals surface area contributed by atoms with Gasteiger partial charge in [0.1, 0.15) is 11.9 Å². The molecule has 2 aliphatic rings. The van der Waals surface area contributed by atoms with Crippen molar-refractivity contribution in [2.24, 2.45) is 11.8 Å². The van der Waals surface area contributed by atoms with E-state index < -0.39 is 17.8 Å². The number of aliphatic hydroxyl groups is 1. The van der Waals surface area contributed by atoms with Gasteiger partial charge < -0.3 is 19.3 Å². The first-order valence-electron chi connectivity index (χ1n) is 10.4. The first kappa shape index (κ1) is 19.7. The van der Waals surface area contributed by atoms with Crippen molar-refractivity contribution in [1.82, 2.24) is 19.4 Å². The van der Waals surface area contributed by atoms with E-state index in [9.17, 15) is 14.3 Å². The molecule has 1 aromatic carbocycles. The minimum atomic E-state index is -0.615. The first-order valence-corrected chi connectivity index (χ1v) is 10.4. The normalized spacial score (nSPS) is 25.3. The van der Waals surface area contributed by atoms with Crippen molar-refractivity contribution in [3.63, 3.8) is 0 Å². The van der Waals surface area contributed by atoms with Gasteiger partial charge in [0.2, 0.25) is 0 Å². The molecule has 1 aliphatic heterocycles. The third-order valence-corrected chi connectivity index (χ3v) is 6.26. The number of fused-ring (bicyclic) bond motifs is 1. The van der Waals surface area contributed by atoms with Gasteiger partial charge in [0.05, 0.1) is 12.4 Å². The summed E-state index contributed by atoms with van der Waals surface area (Å²) < 4.78 is 22.0. The number of aliphatic hydroxyl groups excluding tert-OH is 1. The van der Waals surface area contributed by atoms with E-state index in [1.54, 1.807) is 17.4 Å². The van der Waals surface area contributed by atoms with E-state index in [2.05, 4.69) is 9.97 Å². The summed E-state index contributed by atoms with van der Waals surface area (Å²) in [5, 5.41) is 10.7. The highest BCUT2D eigenvalue weighted by Crippen LogP contribution is 2.38. The summed E-state index contributed by atoms with van der Waals surface area (Å²) in [6.07, 6.45) is 6.97. The minimum absolute atomic E-state index is 0.146. The van der Waals surface area contributed by atoms with Crippen LogP contribution in [0.15, 0.2) is 61.3 Å². The molecule has 1 saturated heterocycles. The van der Waals surface area contributed by atoms with Gasteiger partial charge in [-0.1, -0.05) is 0 Å². The van der Waals surface area contributed by atoms with Gasteiger partial charge in [-0.25, -0.2) is 14.4 Å². The van der Waals surface area contributed by atoms with Crippen LogP contribution in [0.5, 0.6) is 5.75 Å². The zero-order valence-electron chi connectivity index (χ0n) is 16.8. The number of imidazole rings is 1. The second kappa shape index (κ2) is 8.11. The molecule has 1 N–H and O–H groups in total. The molecule has 1 aliphatic carbocycles. The Kier molecular flexibility index (Phi) is 5.15. The number of ether oxygens (including phenoxy) is 1. The highest BCUT2D eigenvalue weighted by Gasteiger charge is 2.44. The molecule has 31 heavy (non-hydrogen) atoms. The number of nitrogens with zero attached hydrogens (tertiary/aromatic N) is 4. The lowest BCUT2D eigenvalue weighted by molar-refractivity contribution is -0.0231. The molecule has 3 aromatic rings. The molecular formula is C23H23FN4O3. The van der Waals surface area contributed by atoms with E-state index in [4.69, 9.17) is 4.74 Å². The highest BCUT2D eigenvalue weighted by atomic mass is 19.1. The molecule has 7 nitrogen and oxygen atoms in total. The molecule has 4 atom stereocenters. The number of hydrogen-bond acceptors (Lipinski definition) is 5. The van der Waals surface area contributed by atoms with Gasteiger partial charge in [-0.15, -0.1) is 0 Å². The Hall–Kier alpha value is -3.26. The number of rotatable bonds is 4. The Morgan fingerprint density at radius 1 is 1.10 bits per heavy atom. The number of benzene rings is 1. The van der Waals surface area contributed by atoms with Gasteiger partial charge in [-0.2, -0.15) is 0 Å². The van der Waals surface area contributed by atoms with Crippen molar-refractivity contribution >= 4 is 5.91 Å². The molecule has 3 heterocycles. The molecule has 5 rings (SSSR count). The summed E-state index contributed by atoms with van der Waals surface area (Å²) in [5.74, 6) is 0.0636. The van der Waals surface area contributed by atoms with Crippen LogP contribution < -0.4 is 4.74 Å². The van der Waals surface area contributed by atoms with Gasteiger partial charge in [0.25, 0.3) is 5.91 Å². The van der Waals surface area contributed by atoms with Gasteiger partial charge in [0.15, 0.2) is 11.5 Å². The van der Waals surface area contributed by atoms with Crippen molar-refractivity contribution in [2.45, 2.75) is 25.0 Å². The van der Waals surface area contributed by atoms with Crippen molar-refractivity contribution < 1.29 is 19.0 Å². The zero-order valence-corrected chi connectivity index (χ0v) is 16.8. The van der Waals surface area contributed by atoms with Crippen LogP contribution in [0, 0.1) is 17.7 Å². The number of amides is 1. The molecule has 0 spiro atoms. The van der Waals surface area contributed by atoms with Gasteiger partial charge in [-0.3, -0.25) is 4.79 Å². The van der Waals surface area contributed by atoms with E-state index in [0.29, 0.717) is 31.7 Å². The van der Waals surface area contributed by atoms with E-state index in [1.165, 1.54) is 18.3 Å². The maximum atomic E-state index is 14.0. The van der Waals surface area contributed by atoms with Crippen LogP contribution in [-0.4, -0.2) is 55.7 Å². The van der Waals surface area contributed by atoms with Crippen LogP contribution in [0.1, 0.15) is 23.3 Å². The van der Waals surface area contributed by atoms with E-state index in [-0.39, 0.29) is 23.6 Å². The lowest BCUT2D eigenvalue weighted by Gasteiger charge is -2.35. The number of likely N-dealkylation sites (tertiary alicyclic amines) is 1. The van der Waals surface area contributed by atoms with Crippen LogP contribution >= 0.6 is 0 Å². The third-order valence-electron chi connectivity index (χ3n) is 6.26. The number of carbonyl (C=O) groups excluding carboxylic acids is 1. The molecule has 2 aromatic heterocycles. The zero-order chi connectivity index (χ0) is 21.4. The molecule has 1 amide bonds. The maximum Gasteiger partial charge on any atom is 0.275 e. The molecule has 1 saturated carbocycles. The monoisotopic (exact) mass is 422 g/mol. The average molecular weight is 422 g/mol. The number of aromatic nitrogens is 3. The Morgan fingerprint density at radius 2 is 1.87 bits per heavy atom. The molecule has 0 unspecified atom stereocenters. The maximum absolute atomic E-state index is 14.0. The lowest BCUT2D eigenvalue weighted by Crippen LogP contribution is -2.42. The Labute approximate surface area is 179 Å². The summed E-state index contributed by atoms with van der Waals surface area (Å²) in [5.41, 5.74) is 0.827. The van der Waals surface area contributed by atoms with E-state index >= 15 is 0 Å². The molecule has 0 radical (unpaired) electrons. The van der Waals surface area contributed by atoms with Crippen LogP contribution in [0.3, 0.4) is 0 Å². The standard InChI is InChI=1S/C23H23FN4O3/c24-19-2-1-7-26-22(19)23(30)28-12-15-10-20(29)21(11-16(15)13-28)31-18-5-3-17(4-6-18)27-9-8-25-14-27/h1-9,14-16,20-21,29H,10-13H2/t15-,16+,20+,21+/m0/s1. The second-order valence-electron chi connectivity index (χ2n) is 8.22. The summed E-state index contributed by atoms with van der Waals surface area (Å²) in [6, 6.07) is 10.3. The molecule has 2 fully saturated rings. The smallest absolute Gasteiger partial charge is 0.275 e. The Bertz CT molecular complexity index is 1060. The van der Waals surface area contributed by atoms with Crippen LogP contribution in [0.4, 0.5) is 4.39 Å². The number of halogens is 1. The summed E-state index contributed by atoms with van der Waals surface area (Å²) in [6.45, 7) is 1.02. The minimum Gasteiger partial charge on any atom is -0.488 e. The number of carbonyl (C=O) groups is 1. The van der Waals surface area contributed by atoms with Crippen molar-refractivity contribution in [3.05, 3.63) is 72.8 Å². The van der Waals surface area contributed by atoms with E-state index in [0.717, 1.165) is 5.69 Å². The SMILES string of the molecule is O=C(c1ncccc1F)N1C[C@H]2C[C@@H](Oc3ccc(-n4ccnc4)cc3)[C@H](O)C[C@H]2C1. The quantitative estimate of drug-likeness (QED) is 0.699. The van der Waals surface area contributed by atoms with Crippen molar-refractivity contribution in [3.8, 4) is 11.4 Å². The van der Waals surface area contributed by atoms with Crippen LogP contribution in [0.2, 0.25) is 0 Å². The molecule has 0 bridgehead atoms. The van der Waals surface area contributed by atoms with Crippen LogP contribution in [0.25, 0.3) is 5.69 Å². The fraction of sp³-hybridized carbons (Fsp3) is 0.348. The van der Waals surface area contributed by atoms with Crippen molar-refractivity contribution in [2.75, 3.05) is 13.1 Å². The summed E-state index contributed by atoms with van der Waals surface area (Å²) in [7, 11) is 0. The predicted octanol–water partition coefficient (Wildman–Crippen LogP) is 2.70. The first-order chi connectivity index (χ1) is 15.1. The average Bonchev–Trinajstić information content (AvgIpc) is 3.44. The topological polar surface area (TPSA) is 80.5 Å². The highest BCUT2D eigenvalue weighted by molar-refractivity contribution is 5.92. The van der Waals surface area contributed by atoms with E-state index in [1.807, 2.05) is 35.0 Å². The number of pyridine rings is 1. The molecule has 160 valence electrons. The largest absolute Gasteiger partial charge is 0.488 e. The second-order valence-corrected chi connectivity index (χ2v) is 8.22. The molecular weight excluding hydrogens is 399 g/mol. The predicted molar refractivity (Wildman–Crippen MR) is 110 cm³/mol. The van der Waals surface area contributed by atoms with Gasteiger partial charge in [-0.05, 0) is 61.1 Å². The number of hydrogen-bond donors (Lipinski definition) is 1. The summed E-state index contributed by atoms with van der Waals surface area (Å²) in [4.78, 5) is 22.3. The summed E-state index contributed by atoms with van der Waals surface area (Å²) >= 11 is 0. The van der Waals surface area contributed by atoms with Crippen molar-refractivity contribution in [1.29, 1.82) is 0 Å². The lowest BCUT2D eigenvalue weighted by atomic mass is 9.78.